The standard InChI is InChI=1S/C22H29N7O3/c1-12(30)16-9-8-15-19(28-29(5)20(15)23-16)24-18-11-17(26-27-18)13-6-7-14(10-13)32-21(31)25-22(2,3)4/h8-9,11,13-14H,6-7,10H2,1-5H3,(H,25,31)(H2,24,26,27,28)/t13-,14+/m1/s1. The highest BCUT2D eigenvalue weighted by atomic mass is 16.6. The van der Waals surface area contributed by atoms with E-state index in [9.17, 15) is 9.59 Å². The number of ether oxygens (including phenoxy) is 1. The molecule has 0 aromatic carbocycles. The summed E-state index contributed by atoms with van der Waals surface area (Å²) in [5.74, 6) is 1.42. The van der Waals surface area contributed by atoms with Gasteiger partial charge in [-0.25, -0.2) is 14.5 Å². The Morgan fingerprint density at radius 3 is 2.75 bits per heavy atom. The molecule has 0 spiro atoms. The molecule has 0 saturated heterocycles. The third-order valence-corrected chi connectivity index (χ3v) is 5.47. The van der Waals surface area contributed by atoms with Gasteiger partial charge in [-0.3, -0.25) is 9.89 Å². The maximum atomic E-state index is 12.0. The third-order valence-electron chi connectivity index (χ3n) is 5.47. The van der Waals surface area contributed by atoms with E-state index < -0.39 is 0 Å². The summed E-state index contributed by atoms with van der Waals surface area (Å²) in [5.41, 5.74) is 1.70. The van der Waals surface area contributed by atoms with Crippen molar-refractivity contribution in [1.82, 2.24) is 30.3 Å². The number of pyridine rings is 1. The quantitative estimate of drug-likeness (QED) is 0.516. The van der Waals surface area contributed by atoms with Gasteiger partial charge >= 0.3 is 6.09 Å². The molecule has 1 aliphatic rings. The van der Waals surface area contributed by atoms with Crippen LogP contribution < -0.4 is 10.6 Å². The van der Waals surface area contributed by atoms with Crippen LogP contribution in [0.1, 0.15) is 69.1 Å². The number of aryl methyl sites for hydroxylation is 1. The molecule has 4 rings (SSSR count). The molecule has 0 aliphatic heterocycles. The Morgan fingerprint density at radius 1 is 1.25 bits per heavy atom. The first-order valence-corrected chi connectivity index (χ1v) is 10.7. The zero-order valence-corrected chi connectivity index (χ0v) is 19.0. The molecule has 170 valence electrons. The van der Waals surface area contributed by atoms with E-state index in [1.165, 1.54) is 6.92 Å². The Labute approximate surface area is 186 Å². The van der Waals surface area contributed by atoms with E-state index in [0.29, 0.717) is 23.0 Å². The van der Waals surface area contributed by atoms with Crippen LogP contribution in [0.5, 0.6) is 0 Å². The fourth-order valence-corrected chi connectivity index (χ4v) is 3.97. The van der Waals surface area contributed by atoms with Crippen molar-refractivity contribution in [2.75, 3.05) is 5.32 Å². The van der Waals surface area contributed by atoms with Crippen molar-refractivity contribution in [3.05, 3.63) is 29.6 Å². The SMILES string of the molecule is CC(=O)c1ccc2c(Nc3cc([C@@H]4CC[C@H](OC(=O)NC(C)(C)C)C4)[nH]n3)nn(C)c2n1. The lowest BCUT2D eigenvalue weighted by Crippen LogP contribution is -2.42. The van der Waals surface area contributed by atoms with Crippen LogP contribution in [-0.4, -0.2) is 48.5 Å². The minimum Gasteiger partial charge on any atom is -0.446 e. The average molecular weight is 440 g/mol. The molecular formula is C22H29N7O3. The molecule has 32 heavy (non-hydrogen) atoms. The Morgan fingerprint density at radius 2 is 2.03 bits per heavy atom. The second kappa shape index (κ2) is 8.25. The molecule has 3 aromatic heterocycles. The van der Waals surface area contributed by atoms with Crippen LogP contribution in [0.3, 0.4) is 0 Å². The zero-order valence-electron chi connectivity index (χ0n) is 19.0. The van der Waals surface area contributed by atoms with Crippen LogP contribution in [0.15, 0.2) is 18.2 Å². The van der Waals surface area contributed by atoms with Crippen molar-refractivity contribution >= 4 is 34.5 Å². The van der Waals surface area contributed by atoms with E-state index in [1.807, 2.05) is 32.9 Å². The third kappa shape index (κ3) is 4.74. The minimum absolute atomic E-state index is 0.0886. The average Bonchev–Trinajstić information content (AvgIpc) is 3.40. The Hall–Kier alpha value is -3.43. The molecule has 3 heterocycles. The Balaban J connectivity index is 1.42. The lowest BCUT2D eigenvalue weighted by Gasteiger charge is -2.22. The topological polar surface area (TPSA) is 127 Å². The number of anilines is 2. The molecule has 3 aromatic rings. The number of nitrogens with zero attached hydrogens (tertiary/aromatic N) is 4. The fraction of sp³-hybridized carbons (Fsp3) is 0.500. The van der Waals surface area contributed by atoms with Gasteiger partial charge in [0.25, 0.3) is 0 Å². The summed E-state index contributed by atoms with van der Waals surface area (Å²) in [7, 11) is 1.79. The summed E-state index contributed by atoms with van der Waals surface area (Å²) < 4.78 is 7.21. The highest BCUT2D eigenvalue weighted by Crippen LogP contribution is 2.36. The monoisotopic (exact) mass is 439 g/mol. The van der Waals surface area contributed by atoms with Gasteiger partial charge in [0.15, 0.2) is 23.1 Å². The number of amides is 1. The second-order valence-corrected chi connectivity index (χ2v) is 9.34. The van der Waals surface area contributed by atoms with E-state index in [1.54, 1.807) is 17.8 Å². The lowest BCUT2D eigenvalue weighted by molar-refractivity contribution is 0.0935. The van der Waals surface area contributed by atoms with E-state index in [4.69, 9.17) is 4.74 Å². The maximum Gasteiger partial charge on any atom is 0.407 e. The summed E-state index contributed by atoms with van der Waals surface area (Å²) in [6.45, 7) is 7.26. The first-order chi connectivity index (χ1) is 15.1. The Kier molecular flexibility index (Phi) is 5.62. The van der Waals surface area contributed by atoms with Crippen LogP contribution in [0, 0.1) is 0 Å². The number of carbonyl (C=O) groups is 2. The molecule has 10 nitrogen and oxygen atoms in total. The first kappa shape index (κ1) is 21.8. The number of carbonyl (C=O) groups excluding carboxylic acids is 2. The predicted molar refractivity (Wildman–Crippen MR) is 120 cm³/mol. The lowest BCUT2D eigenvalue weighted by atomic mass is 10.0. The summed E-state index contributed by atoms with van der Waals surface area (Å²) in [4.78, 5) is 28.0. The van der Waals surface area contributed by atoms with Gasteiger partial charge in [-0.2, -0.15) is 10.2 Å². The maximum absolute atomic E-state index is 12.0. The summed E-state index contributed by atoms with van der Waals surface area (Å²) in [5, 5.41) is 18.8. The molecule has 10 heteroatoms. The van der Waals surface area contributed by atoms with E-state index in [2.05, 4.69) is 30.9 Å². The number of rotatable bonds is 5. The molecule has 1 saturated carbocycles. The van der Waals surface area contributed by atoms with Crippen molar-refractivity contribution in [1.29, 1.82) is 0 Å². The number of Topliss-reactive ketones (excluding diaryl/α,β-unsaturated/α-hetero) is 1. The fourth-order valence-electron chi connectivity index (χ4n) is 3.97. The summed E-state index contributed by atoms with van der Waals surface area (Å²) >= 11 is 0. The van der Waals surface area contributed by atoms with Crippen molar-refractivity contribution in [2.24, 2.45) is 7.05 Å². The number of nitrogens with one attached hydrogen (secondary N) is 3. The number of H-pyrrole nitrogens is 1. The van der Waals surface area contributed by atoms with Crippen molar-refractivity contribution in [3.8, 4) is 0 Å². The second-order valence-electron chi connectivity index (χ2n) is 9.34. The number of alkyl carbamates (subject to hydrolysis) is 1. The van der Waals surface area contributed by atoms with Crippen molar-refractivity contribution in [3.63, 3.8) is 0 Å². The van der Waals surface area contributed by atoms with E-state index >= 15 is 0 Å². The smallest absolute Gasteiger partial charge is 0.407 e. The van der Waals surface area contributed by atoms with Gasteiger partial charge in [-0.05, 0) is 52.2 Å². The normalized spacial score (nSPS) is 18.7. The van der Waals surface area contributed by atoms with Crippen LogP contribution in [0.2, 0.25) is 0 Å². The van der Waals surface area contributed by atoms with Gasteiger partial charge in [0, 0.05) is 37.2 Å². The number of aromatic nitrogens is 5. The van der Waals surface area contributed by atoms with Crippen molar-refractivity contribution < 1.29 is 14.3 Å². The molecule has 3 N–H and O–H groups in total. The molecule has 0 bridgehead atoms. The highest BCUT2D eigenvalue weighted by molar-refractivity contribution is 5.96. The summed E-state index contributed by atoms with van der Waals surface area (Å²) in [6.07, 6.45) is 2.00. The largest absolute Gasteiger partial charge is 0.446 e. The molecule has 1 aliphatic carbocycles. The number of hydrogen-bond acceptors (Lipinski definition) is 7. The molecule has 0 unspecified atom stereocenters. The molecular weight excluding hydrogens is 410 g/mol. The molecule has 2 atom stereocenters. The zero-order chi connectivity index (χ0) is 23.0. The van der Waals surface area contributed by atoms with Gasteiger partial charge in [0.05, 0.1) is 5.39 Å². The number of aromatic amines is 1. The number of hydrogen-bond donors (Lipinski definition) is 3. The van der Waals surface area contributed by atoms with Gasteiger partial charge in [0.2, 0.25) is 0 Å². The van der Waals surface area contributed by atoms with E-state index in [-0.39, 0.29) is 29.4 Å². The number of ketones is 1. The van der Waals surface area contributed by atoms with Gasteiger partial charge in [-0.1, -0.05) is 0 Å². The van der Waals surface area contributed by atoms with Crippen LogP contribution >= 0.6 is 0 Å². The van der Waals surface area contributed by atoms with Crippen LogP contribution in [0.25, 0.3) is 11.0 Å². The Bertz CT molecular complexity index is 1160. The first-order valence-electron chi connectivity index (χ1n) is 10.7. The van der Waals surface area contributed by atoms with Gasteiger partial charge in [-0.15, -0.1) is 0 Å². The minimum atomic E-state index is -0.376. The van der Waals surface area contributed by atoms with Crippen LogP contribution in [-0.2, 0) is 11.8 Å². The molecule has 1 fully saturated rings. The van der Waals surface area contributed by atoms with Crippen molar-refractivity contribution in [2.45, 2.75) is 64.5 Å². The van der Waals surface area contributed by atoms with Gasteiger partial charge in [0.1, 0.15) is 11.8 Å². The predicted octanol–water partition coefficient (Wildman–Crippen LogP) is 3.80. The van der Waals surface area contributed by atoms with E-state index in [0.717, 1.165) is 30.3 Å². The van der Waals surface area contributed by atoms with Crippen LogP contribution in [0.4, 0.5) is 16.4 Å². The highest BCUT2D eigenvalue weighted by Gasteiger charge is 2.30. The summed E-state index contributed by atoms with van der Waals surface area (Å²) in [6, 6.07) is 5.49. The van der Waals surface area contributed by atoms with Gasteiger partial charge < -0.3 is 15.4 Å². The molecule has 0 radical (unpaired) electrons. The molecule has 1 amide bonds. The number of fused-ring (bicyclic) bond motifs is 1.